The van der Waals surface area contributed by atoms with E-state index in [0.29, 0.717) is 11.3 Å². The standard InChI is InChI=1S/C21H19NO3/c1-14-7-8-18(11-15(14)2)21(24)25-13-20(23)22-19-10-9-16-5-3-4-6-17(16)12-19/h3-12H,13H2,1-2H3,(H,22,23). The number of hydrogen-bond acceptors (Lipinski definition) is 3. The Bertz CT molecular complexity index is 947. The highest BCUT2D eigenvalue weighted by molar-refractivity contribution is 5.97. The van der Waals surface area contributed by atoms with Crippen molar-refractivity contribution in [1.29, 1.82) is 0 Å². The molecular weight excluding hydrogens is 314 g/mol. The molecule has 3 aromatic rings. The molecule has 25 heavy (non-hydrogen) atoms. The van der Waals surface area contributed by atoms with E-state index in [0.717, 1.165) is 21.9 Å². The van der Waals surface area contributed by atoms with E-state index < -0.39 is 5.97 Å². The molecule has 0 saturated heterocycles. The maximum atomic E-state index is 12.0. The van der Waals surface area contributed by atoms with Crippen molar-refractivity contribution >= 4 is 28.3 Å². The quantitative estimate of drug-likeness (QED) is 0.726. The molecular formula is C21H19NO3. The molecule has 0 aromatic heterocycles. The van der Waals surface area contributed by atoms with Gasteiger partial charge in [0.2, 0.25) is 0 Å². The van der Waals surface area contributed by atoms with Crippen molar-refractivity contribution in [3.05, 3.63) is 77.4 Å². The Hall–Kier alpha value is -3.14. The van der Waals surface area contributed by atoms with Crippen LogP contribution < -0.4 is 5.32 Å². The van der Waals surface area contributed by atoms with E-state index in [1.54, 1.807) is 12.1 Å². The zero-order valence-electron chi connectivity index (χ0n) is 14.2. The molecule has 0 aliphatic carbocycles. The van der Waals surface area contributed by atoms with Crippen molar-refractivity contribution in [2.45, 2.75) is 13.8 Å². The predicted molar refractivity (Wildman–Crippen MR) is 98.8 cm³/mol. The number of amides is 1. The summed E-state index contributed by atoms with van der Waals surface area (Å²) < 4.78 is 5.09. The normalized spacial score (nSPS) is 10.5. The smallest absolute Gasteiger partial charge is 0.338 e. The molecule has 0 fully saturated rings. The summed E-state index contributed by atoms with van der Waals surface area (Å²) in [6.07, 6.45) is 0. The van der Waals surface area contributed by atoms with E-state index in [2.05, 4.69) is 5.32 Å². The van der Waals surface area contributed by atoms with Crippen molar-refractivity contribution in [1.82, 2.24) is 0 Å². The fraction of sp³-hybridized carbons (Fsp3) is 0.143. The molecule has 3 aromatic carbocycles. The minimum absolute atomic E-state index is 0.321. The lowest BCUT2D eigenvalue weighted by Gasteiger charge is -2.08. The lowest BCUT2D eigenvalue weighted by atomic mass is 10.1. The molecule has 0 spiro atoms. The number of anilines is 1. The van der Waals surface area contributed by atoms with Crippen LogP contribution in [-0.4, -0.2) is 18.5 Å². The highest BCUT2D eigenvalue weighted by Gasteiger charge is 2.11. The summed E-state index contributed by atoms with van der Waals surface area (Å²) in [5.41, 5.74) is 3.23. The molecule has 1 N–H and O–H groups in total. The first-order valence-corrected chi connectivity index (χ1v) is 8.06. The average Bonchev–Trinajstić information content (AvgIpc) is 2.62. The topological polar surface area (TPSA) is 55.4 Å². The van der Waals surface area contributed by atoms with E-state index in [1.165, 1.54) is 0 Å². The second-order valence-corrected chi connectivity index (χ2v) is 5.99. The minimum Gasteiger partial charge on any atom is -0.452 e. The summed E-state index contributed by atoms with van der Waals surface area (Å²) in [5, 5.41) is 4.88. The second kappa shape index (κ2) is 7.18. The van der Waals surface area contributed by atoms with Gasteiger partial charge < -0.3 is 10.1 Å². The first kappa shape index (κ1) is 16.7. The van der Waals surface area contributed by atoms with Gasteiger partial charge in [-0.25, -0.2) is 4.79 Å². The molecule has 4 heteroatoms. The van der Waals surface area contributed by atoms with Crippen LogP contribution >= 0.6 is 0 Å². The fourth-order valence-corrected chi connectivity index (χ4v) is 2.55. The molecule has 0 bridgehead atoms. The average molecular weight is 333 g/mol. The van der Waals surface area contributed by atoms with Gasteiger partial charge in [-0.3, -0.25) is 4.79 Å². The number of nitrogens with one attached hydrogen (secondary N) is 1. The molecule has 0 aliphatic heterocycles. The van der Waals surface area contributed by atoms with Gasteiger partial charge in [0.05, 0.1) is 5.56 Å². The maximum absolute atomic E-state index is 12.0. The summed E-state index contributed by atoms with van der Waals surface area (Å²) in [6, 6.07) is 18.9. The van der Waals surface area contributed by atoms with Crippen LogP contribution in [0.4, 0.5) is 5.69 Å². The summed E-state index contributed by atoms with van der Waals surface area (Å²) in [7, 11) is 0. The third kappa shape index (κ3) is 4.04. The van der Waals surface area contributed by atoms with Gasteiger partial charge in [0.25, 0.3) is 5.91 Å². The molecule has 0 saturated carbocycles. The molecule has 4 nitrogen and oxygen atoms in total. The molecule has 0 aliphatic rings. The Kier molecular flexibility index (Phi) is 4.80. The van der Waals surface area contributed by atoms with Crippen LogP contribution in [0.25, 0.3) is 10.8 Å². The van der Waals surface area contributed by atoms with Gasteiger partial charge in [-0.2, -0.15) is 0 Å². The van der Waals surface area contributed by atoms with Gasteiger partial charge in [0, 0.05) is 5.69 Å². The van der Waals surface area contributed by atoms with Crippen LogP contribution in [-0.2, 0) is 9.53 Å². The summed E-state index contributed by atoms with van der Waals surface area (Å²) >= 11 is 0. The van der Waals surface area contributed by atoms with Crippen molar-refractivity contribution in [3.8, 4) is 0 Å². The number of hydrogen-bond donors (Lipinski definition) is 1. The summed E-state index contributed by atoms with van der Waals surface area (Å²) in [4.78, 5) is 24.1. The number of benzene rings is 3. The molecule has 0 unspecified atom stereocenters. The predicted octanol–water partition coefficient (Wildman–Crippen LogP) is 4.25. The van der Waals surface area contributed by atoms with E-state index in [9.17, 15) is 9.59 Å². The molecule has 0 radical (unpaired) electrons. The first-order chi connectivity index (χ1) is 12.0. The van der Waals surface area contributed by atoms with E-state index in [1.807, 2.05) is 62.4 Å². The monoisotopic (exact) mass is 333 g/mol. The van der Waals surface area contributed by atoms with Crippen molar-refractivity contribution in [2.24, 2.45) is 0 Å². The van der Waals surface area contributed by atoms with Crippen LogP contribution in [0.1, 0.15) is 21.5 Å². The van der Waals surface area contributed by atoms with Crippen LogP contribution in [0.2, 0.25) is 0 Å². The molecule has 0 heterocycles. The number of esters is 1. The lowest BCUT2D eigenvalue weighted by Crippen LogP contribution is -2.21. The van der Waals surface area contributed by atoms with Gasteiger partial charge in [0.1, 0.15) is 0 Å². The number of fused-ring (bicyclic) bond motifs is 1. The molecule has 3 rings (SSSR count). The van der Waals surface area contributed by atoms with Crippen LogP contribution in [0.15, 0.2) is 60.7 Å². The minimum atomic E-state index is -0.503. The van der Waals surface area contributed by atoms with Crippen molar-refractivity contribution < 1.29 is 14.3 Å². The summed E-state index contributed by atoms with van der Waals surface area (Å²) in [6.45, 7) is 3.58. The molecule has 126 valence electrons. The van der Waals surface area contributed by atoms with E-state index in [4.69, 9.17) is 4.74 Å². The van der Waals surface area contributed by atoms with Crippen molar-refractivity contribution in [2.75, 3.05) is 11.9 Å². The van der Waals surface area contributed by atoms with Crippen molar-refractivity contribution in [3.63, 3.8) is 0 Å². The van der Waals surface area contributed by atoms with Crippen LogP contribution in [0.5, 0.6) is 0 Å². The highest BCUT2D eigenvalue weighted by Crippen LogP contribution is 2.18. The number of aryl methyl sites for hydroxylation is 2. The van der Waals surface area contributed by atoms with Gasteiger partial charge in [-0.1, -0.05) is 36.4 Å². The highest BCUT2D eigenvalue weighted by atomic mass is 16.5. The maximum Gasteiger partial charge on any atom is 0.338 e. The Morgan fingerprint density at radius 2 is 1.64 bits per heavy atom. The van der Waals surface area contributed by atoms with Gasteiger partial charge in [0.15, 0.2) is 6.61 Å². The zero-order valence-corrected chi connectivity index (χ0v) is 14.2. The third-order valence-corrected chi connectivity index (χ3v) is 4.11. The number of ether oxygens (including phenoxy) is 1. The lowest BCUT2D eigenvalue weighted by molar-refractivity contribution is -0.119. The summed E-state index contributed by atoms with van der Waals surface area (Å²) in [5.74, 6) is -0.871. The SMILES string of the molecule is Cc1ccc(C(=O)OCC(=O)Nc2ccc3ccccc3c2)cc1C. The Labute approximate surface area is 146 Å². The first-order valence-electron chi connectivity index (χ1n) is 8.06. The Morgan fingerprint density at radius 3 is 2.40 bits per heavy atom. The van der Waals surface area contributed by atoms with E-state index in [-0.39, 0.29) is 12.5 Å². The number of carbonyl (C=O) groups excluding carboxylic acids is 2. The van der Waals surface area contributed by atoms with Gasteiger partial charge >= 0.3 is 5.97 Å². The molecule has 1 amide bonds. The van der Waals surface area contributed by atoms with Gasteiger partial charge in [-0.05, 0) is 60.0 Å². The third-order valence-electron chi connectivity index (χ3n) is 4.11. The van der Waals surface area contributed by atoms with Gasteiger partial charge in [-0.15, -0.1) is 0 Å². The number of carbonyl (C=O) groups is 2. The Balaban J connectivity index is 1.59. The Morgan fingerprint density at radius 1 is 0.880 bits per heavy atom. The fourth-order valence-electron chi connectivity index (χ4n) is 2.55. The number of rotatable bonds is 4. The van der Waals surface area contributed by atoms with E-state index >= 15 is 0 Å². The van der Waals surface area contributed by atoms with Crippen LogP contribution in [0, 0.1) is 13.8 Å². The second-order valence-electron chi connectivity index (χ2n) is 5.99. The molecule has 0 atom stereocenters. The zero-order chi connectivity index (χ0) is 17.8. The van der Waals surface area contributed by atoms with Crippen LogP contribution in [0.3, 0.4) is 0 Å². The largest absolute Gasteiger partial charge is 0.452 e.